The number of esters is 1. The molecule has 0 heterocycles. The van der Waals surface area contributed by atoms with Gasteiger partial charge < -0.3 is 19.1 Å². The lowest BCUT2D eigenvalue weighted by molar-refractivity contribution is -0.148. The van der Waals surface area contributed by atoms with Crippen LogP contribution in [0.2, 0.25) is 0 Å². The van der Waals surface area contributed by atoms with Gasteiger partial charge in [0.2, 0.25) is 0 Å². The first kappa shape index (κ1) is 43.4. The number of rotatable bonds is 37. The molecule has 0 saturated heterocycles. The lowest BCUT2D eigenvalue weighted by atomic mass is 10.1. The van der Waals surface area contributed by atoms with Crippen LogP contribution < -0.4 is 0 Å². The van der Waals surface area contributed by atoms with Crippen LogP contribution in [0.4, 0.5) is 0 Å². The van der Waals surface area contributed by atoms with E-state index >= 15 is 0 Å². The minimum atomic E-state index is 0.00220. The minimum absolute atomic E-state index is 0.00220. The van der Waals surface area contributed by atoms with Gasteiger partial charge in [0, 0.05) is 19.6 Å². The Morgan fingerprint density at radius 3 is 1.41 bits per heavy atom. The van der Waals surface area contributed by atoms with E-state index in [2.05, 4.69) is 32.6 Å². The maximum Gasteiger partial charge on any atom is 0.305 e. The lowest BCUT2D eigenvalue weighted by Crippen LogP contribution is -2.25. The van der Waals surface area contributed by atoms with Crippen LogP contribution in [0, 0.1) is 0 Å². The van der Waals surface area contributed by atoms with Crippen molar-refractivity contribution in [2.75, 3.05) is 39.5 Å². The van der Waals surface area contributed by atoms with E-state index in [1.54, 1.807) is 0 Å². The molecule has 0 aliphatic rings. The molecule has 0 fully saturated rings. The molecule has 0 N–H and O–H groups in total. The van der Waals surface area contributed by atoms with E-state index in [0.29, 0.717) is 13.0 Å². The molecule has 0 amide bonds. The summed E-state index contributed by atoms with van der Waals surface area (Å²) in [7, 11) is 0. The van der Waals surface area contributed by atoms with E-state index in [9.17, 15) is 4.79 Å². The normalized spacial score (nSPS) is 11.7. The largest absolute Gasteiger partial charge is 0.466 e. The molecule has 0 radical (unpaired) electrons. The average Bonchev–Trinajstić information content (AvgIpc) is 3.03. The van der Waals surface area contributed by atoms with Crippen LogP contribution in [-0.2, 0) is 19.0 Å². The number of hydrogen-bond acceptors (Lipinski definition) is 5. The predicted octanol–water partition coefficient (Wildman–Crippen LogP) is 11.8. The number of hydrogen-bond donors (Lipinski definition) is 0. The SMILES string of the molecule is CCCCCCCCCOC(=O)CCCCCCCN(CC)CCCCCCCC(OCCCCCC)OCCCCCC. The Balaban J connectivity index is 3.73. The molecule has 0 aromatic heterocycles. The highest BCUT2D eigenvalue weighted by molar-refractivity contribution is 5.69. The van der Waals surface area contributed by atoms with Crippen molar-refractivity contribution in [3.8, 4) is 0 Å². The molecule has 44 heavy (non-hydrogen) atoms. The van der Waals surface area contributed by atoms with Crippen LogP contribution >= 0.6 is 0 Å². The van der Waals surface area contributed by atoms with Gasteiger partial charge in [-0.2, -0.15) is 0 Å². The highest BCUT2D eigenvalue weighted by atomic mass is 16.7. The fraction of sp³-hybridized carbons (Fsp3) is 0.974. The quantitative estimate of drug-likeness (QED) is 0.0390. The molecule has 5 heteroatoms. The van der Waals surface area contributed by atoms with Gasteiger partial charge in [0.05, 0.1) is 6.61 Å². The van der Waals surface area contributed by atoms with E-state index in [0.717, 1.165) is 58.3 Å². The fourth-order valence-electron chi connectivity index (χ4n) is 5.76. The minimum Gasteiger partial charge on any atom is -0.466 e. The number of nitrogens with zero attached hydrogens (tertiary/aromatic N) is 1. The van der Waals surface area contributed by atoms with Gasteiger partial charge in [-0.1, -0.05) is 143 Å². The Morgan fingerprint density at radius 1 is 0.477 bits per heavy atom. The zero-order valence-corrected chi connectivity index (χ0v) is 30.5. The van der Waals surface area contributed by atoms with Gasteiger partial charge in [0.25, 0.3) is 0 Å². The summed E-state index contributed by atoms with van der Waals surface area (Å²) in [5.74, 6) is 0.00485. The Labute approximate surface area is 276 Å². The van der Waals surface area contributed by atoms with Crippen molar-refractivity contribution in [2.24, 2.45) is 0 Å². The average molecular weight is 626 g/mol. The third kappa shape index (κ3) is 32.7. The standard InChI is InChI=1S/C39H79NO4/c1-5-9-12-15-16-23-30-35-42-38(41)31-24-19-17-21-26-33-40(8-4)34-27-22-18-20-25-32-39(43-36-28-13-10-6-2)44-37-29-14-11-7-3/h39H,5-37H2,1-4H3. The van der Waals surface area contributed by atoms with Crippen LogP contribution in [0.25, 0.3) is 0 Å². The zero-order chi connectivity index (χ0) is 32.2. The molecule has 0 unspecified atom stereocenters. The number of ether oxygens (including phenoxy) is 3. The summed E-state index contributed by atoms with van der Waals surface area (Å²) in [4.78, 5) is 14.6. The highest BCUT2D eigenvalue weighted by Crippen LogP contribution is 2.14. The number of carbonyl (C=O) groups excluding carboxylic acids is 1. The van der Waals surface area contributed by atoms with Crippen molar-refractivity contribution < 1.29 is 19.0 Å². The maximum absolute atomic E-state index is 11.9. The van der Waals surface area contributed by atoms with Gasteiger partial charge in [0.15, 0.2) is 6.29 Å². The Bertz CT molecular complexity index is 544. The van der Waals surface area contributed by atoms with Crippen molar-refractivity contribution in [3.05, 3.63) is 0 Å². The van der Waals surface area contributed by atoms with Crippen molar-refractivity contribution in [1.29, 1.82) is 0 Å². The first-order valence-electron chi connectivity index (χ1n) is 19.8. The van der Waals surface area contributed by atoms with E-state index in [-0.39, 0.29) is 12.3 Å². The molecule has 5 nitrogen and oxygen atoms in total. The lowest BCUT2D eigenvalue weighted by Gasteiger charge is -2.20. The summed E-state index contributed by atoms with van der Waals surface area (Å²) in [5, 5.41) is 0. The first-order chi connectivity index (χ1) is 21.7. The molecule has 0 aromatic rings. The monoisotopic (exact) mass is 626 g/mol. The predicted molar refractivity (Wildman–Crippen MR) is 190 cm³/mol. The van der Waals surface area contributed by atoms with Gasteiger partial charge in [-0.05, 0) is 71.0 Å². The van der Waals surface area contributed by atoms with Crippen LogP contribution in [-0.4, -0.2) is 56.6 Å². The van der Waals surface area contributed by atoms with E-state index < -0.39 is 0 Å². The highest BCUT2D eigenvalue weighted by Gasteiger charge is 2.10. The molecule has 0 aromatic carbocycles. The topological polar surface area (TPSA) is 48.0 Å². The van der Waals surface area contributed by atoms with Gasteiger partial charge >= 0.3 is 5.97 Å². The molecule has 0 saturated carbocycles. The second-order valence-corrected chi connectivity index (χ2v) is 13.1. The van der Waals surface area contributed by atoms with E-state index in [1.165, 1.54) is 142 Å². The molecular weight excluding hydrogens is 546 g/mol. The number of carbonyl (C=O) groups is 1. The van der Waals surface area contributed by atoms with E-state index in [1.807, 2.05) is 0 Å². The molecule has 0 aliphatic heterocycles. The Kier molecular flexibility index (Phi) is 36.3. The van der Waals surface area contributed by atoms with Crippen molar-refractivity contribution in [3.63, 3.8) is 0 Å². The van der Waals surface area contributed by atoms with Gasteiger partial charge in [0.1, 0.15) is 0 Å². The van der Waals surface area contributed by atoms with Crippen molar-refractivity contribution in [1.82, 2.24) is 4.90 Å². The molecule has 264 valence electrons. The number of unbranched alkanes of at least 4 members (excludes halogenated alkanes) is 20. The zero-order valence-electron chi connectivity index (χ0n) is 30.5. The smallest absolute Gasteiger partial charge is 0.305 e. The molecular formula is C39H79NO4. The Morgan fingerprint density at radius 2 is 0.886 bits per heavy atom. The van der Waals surface area contributed by atoms with E-state index in [4.69, 9.17) is 14.2 Å². The summed E-state index contributed by atoms with van der Waals surface area (Å²) in [6.07, 6.45) is 32.8. The van der Waals surface area contributed by atoms with Crippen LogP contribution in [0.3, 0.4) is 0 Å². The molecule has 0 spiro atoms. The molecule has 0 atom stereocenters. The summed E-state index contributed by atoms with van der Waals surface area (Å²) >= 11 is 0. The summed E-state index contributed by atoms with van der Waals surface area (Å²) in [6.45, 7) is 15.0. The van der Waals surface area contributed by atoms with Crippen molar-refractivity contribution in [2.45, 2.75) is 207 Å². The third-order valence-corrected chi connectivity index (χ3v) is 8.83. The first-order valence-corrected chi connectivity index (χ1v) is 19.8. The Hall–Kier alpha value is -0.650. The van der Waals surface area contributed by atoms with Gasteiger partial charge in [-0.3, -0.25) is 4.79 Å². The summed E-state index contributed by atoms with van der Waals surface area (Å²) in [5.41, 5.74) is 0. The van der Waals surface area contributed by atoms with Crippen LogP contribution in [0.1, 0.15) is 201 Å². The summed E-state index contributed by atoms with van der Waals surface area (Å²) in [6, 6.07) is 0. The second-order valence-electron chi connectivity index (χ2n) is 13.1. The summed E-state index contributed by atoms with van der Waals surface area (Å²) < 4.78 is 17.7. The van der Waals surface area contributed by atoms with Crippen LogP contribution in [0.5, 0.6) is 0 Å². The van der Waals surface area contributed by atoms with Crippen LogP contribution in [0.15, 0.2) is 0 Å². The van der Waals surface area contributed by atoms with Gasteiger partial charge in [-0.25, -0.2) is 0 Å². The maximum atomic E-state index is 11.9. The van der Waals surface area contributed by atoms with Crippen molar-refractivity contribution >= 4 is 5.97 Å². The fourth-order valence-corrected chi connectivity index (χ4v) is 5.76. The molecule has 0 aliphatic carbocycles. The van der Waals surface area contributed by atoms with Gasteiger partial charge in [-0.15, -0.1) is 0 Å². The molecule has 0 rings (SSSR count). The second kappa shape index (κ2) is 36.8. The third-order valence-electron chi connectivity index (χ3n) is 8.83. The molecule has 0 bridgehead atoms.